The number of aromatic nitrogens is 2. The van der Waals surface area contributed by atoms with E-state index in [1.54, 1.807) is 12.1 Å². The molecule has 0 radical (unpaired) electrons. The standard InChI is InChI=1S/C15H10F2N2O/c16-14(17)15-18-8-11(9-20)19(15)13-7-3-5-10-4-1-2-6-12(10)13/h1-9,14H. The molecule has 0 amide bonds. The Morgan fingerprint density at radius 2 is 1.85 bits per heavy atom. The number of hydrogen-bond acceptors (Lipinski definition) is 2. The summed E-state index contributed by atoms with van der Waals surface area (Å²) in [6, 6.07) is 12.8. The van der Waals surface area contributed by atoms with Gasteiger partial charge in [-0.15, -0.1) is 0 Å². The maximum atomic E-state index is 13.1. The third-order valence-electron chi connectivity index (χ3n) is 3.14. The van der Waals surface area contributed by atoms with E-state index in [1.165, 1.54) is 4.57 Å². The molecule has 0 aliphatic rings. The van der Waals surface area contributed by atoms with E-state index in [0.29, 0.717) is 12.0 Å². The van der Waals surface area contributed by atoms with E-state index in [0.717, 1.165) is 17.0 Å². The lowest BCUT2D eigenvalue weighted by molar-refractivity contribution is 0.111. The van der Waals surface area contributed by atoms with E-state index in [1.807, 2.05) is 30.3 Å². The van der Waals surface area contributed by atoms with Crippen LogP contribution in [0.25, 0.3) is 16.5 Å². The first-order valence-corrected chi connectivity index (χ1v) is 6.01. The molecule has 0 fully saturated rings. The zero-order valence-corrected chi connectivity index (χ0v) is 10.3. The Hall–Kier alpha value is -2.56. The van der Waals surface area contributed by atoms with Crippen LogP contribution in [0.4, 0.5) is 8.78 Å². The molecule has 3 nitrogen and oxygen atoms in total. The maximum absolute atomic E-state index is 13.1. The molecule has 100 valence electrons. The summed E-state index contributed by atoms with van der Waals surface area (Å²) >= 11 is 0. The summed E-state index contributed by atoms with van der Waals surface area (Å²) in [6.45, 7) is 0. The molecule has 1 aromatic heterocycles. The van der Waals surface area contributed by atoms with Gasteiger partial charge in [0.25, 0.3) is 6.43 Å². The second kappa shape index (κ2) is 4.85. The van der Waals surface area contributed by atoms with E-state index in [4.69, 9.17) is 0 Å². The van der Waals surface area contributed by atoms with E-state index in [9.17, 15) is 13.6 Å². The average Bonchev–Trinajstić information content (AvgIpc) is 2.90. The third kappa shape index (κ3) is 1.87. The van der Waals surface area contributed by atoms with Crippen LogP contribution in [0.2, 0.25) is 0 Å². The van der Waals surface area contributed by atoms with Crippen molar-refractivity contribution in [1.82, 2.24) is 9.55 Å². The highest BCUT2D eigenvalue weighted by Gasteiger charge is 2.20. The average molecular weight is 272 g/mol. The number of fused-ring (bicyclic) bond motifs is 1. The number of nitrogens with zero attached hydrogens (tertiary/aromatic N) is 2. The Kier molecular flexibility index (Phi) is 3.02. The minimum absolute atomic E-state index is 0.108. The highest BCUT2D eigenvalue weighted by molar-refractivity contribution is 5.91. The molecule has 20 heavy (non-hydrogen) atoms. The number of aldehydes is 1. The van der Waals surface area contributed by atoms with Crippen molar-refractivity contribution in [3.8, 4) is 5.69 Å². The summed E-state index contributed by atoms with van der Waals surface area (Å²) in [5, 5.41) is 1.70. The number of alkyl halides is 2. The van der Waals surface area contributed by atoms with E-state index in [2.05, 4.69) is 4.98 Å². The van der Waals surface area contributed by atoms with Gasteiger partial charge in [0, 0.05) is 5.39 Å². The van der Waals surface area contributed by atoms with Crippen molar-refractivity contribution in [2.24, 2.45) is 0 Å². The lowest BCUT2D eigenvalue weighted by atomic mass is 10.1. The highest BCUT2D eigenvalue weighted by atomic mass is 19.3. The first-order chi connectivity index (χ1) is 9.72. The molecule has 0 bridgehead atoms. The van der Waals surface area contributed by atoms with Crippen molar-refractivity contribution in [3.63, 3.8) is 0 Å². The van der Waals surface area contributed by atoms with Gasteiger partial charge in [-0.25, -0.2) is 13.8 Å². The van der Waals surface area contributed by atoms with Gasteiger partial charge in [0.2, 0.25) is 0 Å². The normalized spacial score (nSPS) is 11.2. The Bertz CT molecular complexity index is 775. The maximum Gasteiger partial charge on any atom is 0.295 e. The number of benzene rings is 2. The van der Waals surface area contributed by atoms with Crippen LogP contribution in [0.5, 0.6) is 0 Å². The zero-order chi connectivity index (χ0) is 14.1. The predicted octanol–water partition coefficient (Wildman–Crippen LogP) is 3.78. The summed E-state index contributed by atoms with van der Waals surface area (Å²) in [7, 11) is 0. The molecule has 0 unspecified atom stereocenters. The lowest BCUT2D eigenvalue weighted by Crippen LogP contribution is -2.05. The first kappa shape index (κ1) is 12.5. The number of carbonyl (C=O) groups excluding carboxylic acids is 1. The van der Waals surface area contributed by atoms with Gasteiger partial charge in [-0.3, -0.25) is 9.36 Å². The quantitative estimate of drug-likeness (QED) is 0.680. The molecule has 3 aromatic rings. The summed E-state index contributed by atoms with van der Waals surface area (Å²) in [6.07, 6.45) is -1.06. The Balaban J connectivity index is 2.36. The fourth-order valence-electron chi connectivity index (χ4n) is 2.28. The Morgan fingerprint density at radius 3 is 2.60 bits per heavy atom. The van der Waals surface area contributed by atoms with Crippen LogP contribution in [-0.4, -0.2) is 15.8 Å². The molecule has 0 aliphatic carbocycles. The van der Waals surface area contributed by atoms with E-state index >= 15 is 0 Å². The van der Waals surface area contributed by atoms with Crippen LogP contribution in [0, 0.1) is 0 Å². The van der Waals surface area contributed by atoms with Gasteiger partial charge in [-0.05, 0) is 11.5 Å². The van der Waals surface area contributed by atoms with Crippen LogP contribution >= 0.6 is 0 Å². The van der Waals surface area contributed by atoms with Crippen LogP contribution in [0.1, 0.15) is 22.7 Å². The number of imidazole rings is 1. The van der Waals surface area contributed by atoms with Crippen molar-refractivity contribution in [1.29, 1.82) is 0 Å². The number of carbonyl (C=O) groups is 1. The van der Waals surface area contributed by atoms with Crippen molar-refractivity contribution >= 4 is 17.1 Å². The van der Waals surface area contributed by atoms with Gasteiger partial charge in [-0.1, -0.05) is 36.4 Å². The molecule has 3 rings (SSSR count). The topological polar surface area (TPSA) is 34.9 Å². The van der Waals surface area contributed by atoms with Gasteiger partial charge < -0.3 is 0 Å². The van der Waals surface area contributed by atoms with Crippen molar-refractivity contribution in [3.05, 3.63) is 60.2 Å². The SMILES string of the molecule is O=Cc1cnc(C(F)F)n1-c1cccc2ccccc12. The van der Waals surface area contributed by atoms with E-state index in [-0.39, 0.29) is 5.69 Å². The van der Waals surface area contributed by atoms with Crippen LogP contribution in [-0.2, 0) is 0 Å². The summed E-state index contributed by atoms with van der Waals surface area (Å²) in [5.41, 5.74) is 0.634. The van der Waals surface area contributed by atoms with Gasteiger partial charge in [-0.2, -0.15) is 0 Å². The molecule has 0 spiro atoms. The largest absolute Gasteiger partial charge is 0.296 e. The zero-order valence-electron chi connectivity index (χ0n) is 10.3. The second-order valence-electron chi connectivity index (χ2n) is 4.29. The molecule has 1 heterocycles. The minimum Gasteiger partial charge on any atom is -0.296 e. The van der Waals surface area contributed by atoms with Crippen LogP contribution < -0.4 is 0 Å². The van der Waals surface area contributed by atoms with E-state index < -0.39 is 12.2 Å². The number of rotatable bonds is 3. The minimum atomic E-state index is -2.75. The molecule has 0 N–H and O–H groups in total. The monoisotopic (exact) mass is 272 g/mol. The van der Waals surface area contributed by atoms with Crippen molar-refractivity contribution < 1.29 is 13.6 Å². The van der Waals surface area contributed by atoms with Crippen LogP contribution in [0.15, 0.2) is 48.7 Å². The van der Waals surface area contributed by atoms with Gasteiger partial charge in [0.1, 0.15) is 5.69 Å². The molecular formula is C15H10F2N2O. The lowest BCUT2D eigenvalue weighted by Gasteiger charge is -2.12. The van der Waals surface area contributed by atoms with Crippen molar-refractivity contribution in [2.75, 3.05) is 0 Å². The first-order valence-electron chi connectivity index (χ1n) is 6.01. The Morgan fingerprint density at radius 1 is 1.10 bits per heavy atom. The highest BCUT2D eigenvalue weighted by Crippen LogP contribution is 2.28. The molecule has 2 aromatic carbocycles. The number of halogens is 2. The van der Waals surface area contributed by atoms with Gasteiger partial charge >= 0.3 is 0 Å². The summed E-state index contributed by atoms with van der Waals surface area (Å²) < 4.78 is 27.3. The smallest absolute Gasteiger partial charge is 0.295 e. The molecular weight excluding hydrogens is 262 g/mol. The Labute approximate surface area is 113 Å². The van der Waals surface area contributed by atoms with Gasteiger partial charge in [0.15, 0.2) is 12.1 Å². The fraction of sp³-hybridized carbons (Fsp3) is 0.0667. The van der Waals surface area contributed by atoms with Crippen LogP contribution in [0.3, 0.4) is 0 Å². The van der Waals surface area contributed by atoms with Crippen molar-refractivity contribution in [2.45, 2.75) is 6.43 Å². The second-order valence-corrected chi connectivity index (χ2v) is 4.29. The molecule has 5 heteroatoms. The molecule has 0 atom stereocenters. The third-order valence-corrected chi connectivity index (χ3v) is 3.14. The van der Waals surface area contributed by atoms with Gasteiger partial charge in [0.05, 0.1) is 11.9 Å². The fourth-order valence-corrected chi connectivity index (χ4v) is 2.28. The molecule has 0 saturated carbocycles. The summed E-state index contributed by atoms with van der Waals surface area (Å²) in [4.78, 5) is 14.7. The number of hydrogen-bond donors (Lipinski definition) is 0. The molecule has 0 aliphatic heterocycles. The summed E-state index contributed by atoms with van der Waals surface area (Å²) in [5.74, 6) is -0.427. The predicted molar refractivity (Wildman–Crippen MR) is 71.4 cm³/mol. The molecule has 0 saturated heterocycles.